The van der Waals surface area contributed by atoms with Gasteiger partial charge in [0.25, 0.3) is 0 Å². The molecule has 0 saturated carbocycles. The summed E-state index contributed by atoms with van der Waals surface area (Å²) in [6, 6.07) is 0. The van der Waals surface area contributed by atoms with Crippen LogP contribution in [-0.4, -0.2) is 44.2 Å². The first-order chi connectivity index (χ1) is 3.56. The second-order valence-electron chi connectivity index (χ2n) is 3.01. The van der Waals surface area contributed by atoms with Gasteiger partial charge in [0.2, 0.25) is 0 Å². The molecule has 2 heteroatoms. The van der Waals surface area contributed by atoms with E-state index in [1.807, 2.05) is 11.8 Å². The van der Waals surface area contributed by atoms with Gasteiger partial charge in [-0.05, 0) is 6.26 Å². The first-order valence-corrected chi connectivity index (χ1v) is 4.25. The number of rotatable bonds is 3. The van der Waals surface area contributed by atoms with Crippen LogP contribution in [0.1, 0.15) is 0 Å². The van der Waals surface area contributed by atoms with E-state index in [2.05, 4.69) is 27.4 Å². The van der Waals surface area contributed by atoms with Crippen LogP contribution in [0, 0.1) is 0 Å². The van der Waals surface area contributed by atoms with Crippen molar-refractivity contribution in [1.82, 2.24) is 0 Å². The fraction of sp³-hybridized carbons (Fsp3) is 1.00. The molecule has 0 bridgehead atoms. The molecule has 0 aliphatic rings. The van der Waals surface area contributed by atoms with Gasteiger partial charge in [0.15, 0.2) is 0 Å². The molecule has 0 aromatic carbocycles. The highest BCUT2D eigenvalue weighted by atomic mass is 32.2. The second-order valence-corrected chi connectivity index (χ2v) is 3.99. The van der Waals surface area contributed by atoms with Gasteiger partial charge in [-0.15, -0.1) is 0 Å². The highest BCUT2D eigenvalue weighted by Gasteiger charge is 2.03. The lowest BCUT2D eigenvalue weighted by molar-refractivity contribution is -0.867. The molecule has 0 rings (SSSR count). The molecule has 0 unspecified atom stereocenters. The molecule has 0 fully saturated rings. The van der Waals surface area contributed by atoms with Crippen molar-refractivity contribution in [2.75, 3.05) is 39.7 Å². The van der Waals surface area contributed by atoms with Crippen molar-refractivity contribution in [2.45, 2.75) is 0 Å². The van der Waals surface area contributed by atoms with E-state index in [1.54, 1.807) is 0 Å². The Labute approximate surface area is 56.7 Å². The number of thioether (sulfide) groups is 1. The largest absolute Gasteiger partial charge is 0.330 e. The first-order valence-electron chi connectivity index (χ1n) is 2.85. The number of quaternary nitrogens is 1. The molecule has 0 radical (unpaired) electrons. The SMILES string of the molecule is CSCC[N+](C)(C)C. The molecule has 8 heavy (non-hydrogen) atoms. The van der Waals surface area contributed by atoms with Gasteiger partial charge >= 0.3 is 0 Å². The Morgan fingerprint density at radius 2 is 1.75 bits per heavy atom. The van der Waals surface area contributed by atoms with Crippen molar-refractivity contribution in [2.24, 2.45) is 0 Å². The topological polar surface area (TPSA) is 0 Å². The van der Waals surface area contributed by atoms with Gasteiger partial charge in [-0.3, -0.25) is 0 Å². The standard InChI is InChI=1S/C6H16NS/c1-7(2,3)5-6-8-4/h5-6H2,1-4H3/q+1. The quantitative estimate of drug-likeness (QED) is 0.520. The van der Waals surface area contributed by atoms with Gasteiger partial charge < -0.3 is 4.48 Å². The van der Waals surface area contributed by atoms with Crippen LogP contribution in [-0.2, 0) is 0 Å². The van der Waals surface area contributed by atoms with Crippen molar-refractivity contribution < 1.29 is 4.48 Å². The third-order valence-electron chi connectivity index (χ3n) is 0.966. The smallest absolute Gasteiger partial charge is 0.0872 e. The third kappa shape index (κ3) is 6.31. The second kappa shape index (κ2) is 3.36. The fourth-order valence-electron chi connectivity index (χ4n) is 0.365. The normalized spacial score (nSPS) is 12.0. The minimum atomic E-state index is 1.08. The minimum Gasteiger partial charge on any atom is -0.330 e. The summed E-state index contributed by atoms with van der Waals surface area (Å²) in [5.41, 5.74) is 0. The summed E-state index contributed by atoms with van der Waals surface area (Å²) < 4.78 is 1.08. The molecule has 0 N–H and O–H groups in total. The molecule has 0 spiro atoms. The van der Waals surface area contributed by atoms with E-state index in [0.717, 1.165) is 4.48 Å². The molecule has 0 aliphatic heterocycles. The van der Waals surface area contributed by atoms with Crippen molar-refractivity contribution in [3.63, 3.8) is 0 Å². The lowest BCUT2D eigenvalue weighted by Gasteiger charge is -2.22. The van der Waals surface area contributed by atoms with Crippen LogP contribution < -0.4 is 0 Å². The Balaban J connectivity index is 3.11. The molecule has 1 nitrogen and oxygen atoms in total. The van der Waals surface area contributed by atoms with E-state index >= 15 is 0 Å². The van der Waals surface area contributed by atoms with Gasteiger partial charge in [-0.1, -0.05) is 0 Å². The Morgan fingerprint density at radius 3 is 1.88 bits per heavy atom. The molecular formula is C6H16NS+. The lowest BCUT2D eigenvalue weighted by Crippen LogP contribution is -2.36. The zero-order chi connectivity index (χ0) is 6.62. The highest BCUT2D eigenvalue weighted by molar-refractivity contribution is 7.98. The van der Waals surface area contributed by atoms with Crippen molar-refractivity contribution in [1.29, 1.82) is 0 Å². The van der Waals surface area contributed by atoms with Gasteiger partial charge in [0.1, 0.15) is 0 Å². The highest BCUT2D eigenvalue weighted by Crippen LogP contribution is 1.95. The van der Waals surface area contributed by atoms with Crippen LogP contribution in [0.15, 0.2) is 0 Å². The molecule has 0 saturated heterocycles. The maximum Gasteiger partial charge on any atom is 0.0872 e. The Kier molecular flexibility index (Phi) is 3.49. The zero-order valence-corrected chi connectivity index (χ0v) is 7.09. The lowest BCUT2D eigenvalue weighted by atomic mass is 10.6. The summed E-state index contributed by atoms with van der Waals surface area (Å²) in [5, 5.41) is 0. The van der Waals surface area contributed by atoms with Gasteiger partial charge in [0.05, 0.1) is 27.7 Å². The van der Waals surface area contributed by atoms with E-state index < -0.39 is 0 Å². The molecule has 0 heterocycles. The minimum absolute atomic E-state index is 1.08. The van der Waals surface area contributed by atoms with E-state index in [9.17, 15) is 0 Å². The summed E-state index contributed by atoms with van der Waals surface area (Å²) >= 11 is 1.91. The maximum atomic E-state index is 2.22. The van der Waals surface area contributed by atoms with Crippen molar-refractivity contribution >= 4 is 11.8 Å². The van der Waals surface area contributed by atoms with Gasteiger partial charge in [-0.2, -0.15) is 11.8 Å². The molecule has 50 valence electrons. The van der Waals surface area contributed by atoms with E-state index in [-0.39, 0.29) is 0 Å². The summed E-state index contributed by atoms with van der Waals surface area (Å²) in [7, 11) is 6.66. The van der Waals surface area contributed by atoms with Crippen LogP contribution in [0.4, 0.5) is 0 Å². The van der Waals surface area contributed by atoms with Crippen LogP contribution in [0.25, 0.3) is 0 Å². The first kappa shape index (κ1) is 8.31. The summed E-state index contributed by atoms with van der Waals surface area (Å²) in [6.07, 6.45) is 2.15. The monoisotopic (exact) mass is 134 g/mol. The molecule has 0 amide bonds. The van der Waals surface area contributed by atoms with Gasteiger partial charge in [-0.25, -0.2) is 0 Å². The summed E-state index contributed by atoms with van der Waals surface area (Å²) in [5.74, 6) is 1.27. The fourth-order valence-corrected chi connectivity index (χ4v) is 1.10. The summed E-state index contributed by atoms with van der Waals surface area (Å²) in [4.78, 5) is 0. The maximum absolute atomic E-state index is 2.22. The molecular weight excluding hydrogens is 118 g/mol. The molecule has 0 aromatic rings. The van der Waals surface area contributed by atoms with Gasteiger partial charge in [0, 0.05) is 5.75 Å². The third-order valence-corrected chi connectivity index (χ3v) is 1.56. The predicted molar refractivity (Wildman–Crippen MR) is 41.3 cm³/mol. The van der Waals surface area contributed by atoms with E-state index in [4.69, 9.17) is 0 Å². The average molecular weight is 134 g/mol. The number of hydrogen-bond donors (Lipinski definition) is 0. The predicted octanol–water partition coefficient (Wildman–Crippen LogP) is 1.06. The van der Waals surface area contributed by atoms with Crippen molar-refractivity contribution in [3.8, 4) is 0 Å². The van der Waals surface area contributed by atoms with E-state index in [0.29, 0.717) is 0 Å². The Hall–Kier alpha value is 0.310. The molecule has 0 atom stereocenters. The van der Waals surface area contributed by atoms with Crippen LogP contribution in [0.3, 0.4) is 0 Å². The van der Waals surface area contributed by atoms with E-state index in [1.165, 1.54) is 12.3 Å². The Bertz CT molecular complexity index is 56.0. The van der Waals surface area contributed by atoms with Crippen LogP contribution in [0.2, 0.25) is 0 Å². The average Bonchev–Trinajstić information content (AvgIpc) is 1.59. The molecule has 0 aromatic heterocycles. The van der Waals surface area contributed by atoms with Crippen LogP contribution >= 0.6 is 11.8 Å². The number of nitrogens with zero attached hydrogens (tertiary/aromatic N) is 1. The molecule has 0 aliphatic carbocycles. The van der Waals surface area contributed by atoms with Crippen molar-refractivity contribution in [3.05, 3.63) is 0 Å². The zero-order valence-electron chi connectivity index (χ0n) is 6.27. The Morgan fingerprint density at radius 1 is 1.25 bits per heavy atom. The summed E-state index contributed by atoms with van der Waals surface area (Å²) in [6.45, 7) is 1.27. The number of hydrogen-bond acceptors (Lipinski definition) is 1. The van der Waals surface area contributed by atoms with Crippen LogP contribution in [0.5, 0.6) is 0 Å².